The van der Waals surface area contributed by atoms with E-state index in [1.165, 1.54) is 16.2 Å². The van der Waals surface area contributed by atoms with Gasteiger partial charge >= 0.3 is 0 Å². The highest BCUT2D eigenvalue weighted by molar-refractivity contribution is 7.15. The van der Waals surface area contributed by atoms with Crippen molar-refractivity contribution in [1.29, 1.82) is 0 Å². The molecule has 3 rings (SSSR count). The number of pyridine rings is 1. The van der Waals surface area contributed by atoms with E-state index in [0.717, 1.165) is 24.5 Å². The van der Waals surface area contributed by atoms with Crippen LogP contribution in [0.1, 0.15) is 34.4 Å². The Morgan fingerprint density at radius 2 is 2.35 bits per heavy atom. The van der Waals surface area contributed by atoms with E-state index in [9.17, 15) is 4.79 Å². The molecular weight excluding hydrogens is 276 g/mol. The fourth-order valence-electron chi connectivity index (χ4n) is 2.01. The van der Waals surface area contributed by atoms with E-state index in [4.69, 9.17) is 4.74 Å². The molecule has 20 heavy (non-hydrogen) atoms. The van der Waals surface area contributed by atoms with Crippen molar-refractivity contribution < 1.29 is 9.53 Å². The molecule has 1 atom stereocenters. The van der Waals surface area contributed by atoms with Crippen molar-refractivity contribution in [2.45, 2.75) is 18.9 Å². The Morgan fingerprint density at radius 3 is 3.05 bits per heavy atom. The average molecular weight is 290 g/mol. The van der Waals surface area contributed by atoms with Crippen molar-refractivity contribution in [3.8, 4) is 0 Å². The van der Waals surface area contributed by atoms with Crippen LogP contribution in [0, 0.1) is 0 Å². The van der Waals surface area contributed by atoms with Crippen molar-refractivity contribution in [3.63, 3.8) is 0 Å². The first-order valence-electron chi connectivity index (χ1n) is 6.40. The van der Waals surface area contributed by atoms with E-state index in [-0.39, 0.29) is 12.0 Å². The van der Waals surface area contributed by atoms with Crippen LogP contribution in [0.25, 0.3) is 0 Å². The van der Waals surface area contributed by atoms with Crippen LogP contribution in [0.4, 0.5) is 5.13 Å². The molecule has 0 radical (unpaired) electrons. The average Bonchev–Trinajstić information content (AvgIpc) is 3.17. The molecule has 1 aliphatic rings. The number of anilines is 1. The van der Waals surface area contributed by atoms with Gasteiger partial charge in [-0.2, -0.15) is 0 Å². The second kappa shape index (κ2) is 5.64. The molecule has 1 amide bonds. The van der Waals surface area contributed by atoms with Crippen LogP contribution in [0.5, 0.6) is 0 Å². The van der Waals surface area contributed by atoms with E-state index >= 15 is 0 Å². The lowest BCUT2D eigenvalue weighted by Crippen LogP contribution is -2.26. The molecule has 2 aromatic heterocycles. The maximum Gasteiger partial charge on any atom is 0.278 e. The summed E-state index contributed by atoms with van der Waals surface area (Å²) >= 11 is 1.39. The minimum atomic E-state index is -0.194. The van der Waals surface area contributed by atoms with Crippen molar-refractivity contribution in [2.24, 2.45) is 0 Å². The van der Waals surface area contributed by atoms with Crippen molar-refractivity contribution >= 4 is 22.4 Å². The second-order valence-corrected chi connectivity index (χ2v) is 5.49. The lowest BCUT2D eigenvalue weighted by atomic mass is 10.2. The molecule has 1 fully saturated rings. The third-order valence-corrected chi connectivity index (χ3v) is 4.20. The molecule has 2 aromatic rings. The minimum absolute atomic E-state index is 0.0274. The third-order valence-electron chi connectivity index (χ3n) is 3.11. The summed E-state index contributed by atoms with van der Waals surface area (Å²) in [7, 11) is 1.68. The normalized spacial score (nSPS) is 18.1. The molecule has 0 N–H and O–H groups in total. The first-order chi connectivity index (χ1) is 9.75. The van der Waals surface area contributed by atoms with Gasteiger partial charge in [-0.15, -0.1) is 10.2 Å². The van der Waals surface area contributed by atoms with Gasteiger partial charge in [0.15, 0.2) is 0 Å². The van der Waals surface area contributed by atoms with E-state index in [2.05, 4.69) is 15.2 Å². The molecule has 0 aromatic carbocycles. The Kier molecular flexibility index (Phi) is 3.70. The Balaban J connectivity index is 1.77. The predicted molar refractivity (Wildman–Crippen MR) is 74.8 cm³/mol. The van der Waals surface area contributed by atoms with Gasteiger partial charge in [-0.25, -0.2) is 0 Å². The van der Waals surface area contributed by atoms with E-state index in [0.29, 0.717) is 10.8 Å². The largest absolute Gasteiger partial charge is 0.371 e. The predicted octanol–water partition coefficient (Wildman–Crippen LogP) is 2.06. The van der Waals surface area contributed by atoms with E-state index in [1.807, 2.05) is 0 Å². The second-order valence-electron chi connectivity index (χ2n) is 4.50. The Morgan fingerprint density at radius 1 is 1.45 bits per heavy atom. The van der Waals surface area contributed by atoms with E-state index < -0.39 is 0 Å². The minimum Gasteiger partial charge on any atom is -0.371 e. The van der Waals surface area contributed by atoms with Crippen LogP contribution in [0.3, 0.4) is 0 Å². The number of ether oxygens (including phenoxy) is 1. The summed E-state index contributed by atoms with van der Waals surface area (Å²) in [6.07, 6.45) is 3.63. The summed E-state index contributed by atoms with van der Waals surface area (Å²) in [6.45, 7) is 0.766. The summed E-state index contributed by atoms with van der Waals surface area (Å²) < 4.78 is 5.57. The van der Waals surface area contributed by atoms with Gasteiger partial charge in [-0.05, 0) is 25.0 Å². The molecule has 0 aliphatic carbocycles. The zero-order valence-electron chi connectivity index (χ0n) is 11.0. The number of amides is 1. The highest BCUT2D eigenvalue weighted by atomic mass is 32.1. The number of carbonyl (C=O) groups excluding carboxylic acids is 1. The summed E-state index contributed by atoms with van der Waals surface area (Å²) in [5.74, 6) is -0.194. The Hall–Kier alpha value is -1.86. The number of aromatic nitrogens is 3. The first kappa shape index (κ1) is 13.1. The zero-order valence-corrected chi connectivity index (χ0v) is 11.8. The van der Waals surface area contributed by atoms with Gasteiger partial charge in [0, 0.05) is 19.9 Å². The van der Waals surface area contributed by atoms with Crippen LogP contribution < -0.4 is 4.90 Å². The lowest BCUT2D eigenvalue weighted by molar-refractivity contribution is 0.0988. The topological polar surface area (TPSA) is 68.2 Å². The molecule has 6 nitrogen and oxygen atoms in total. The van der Waals surface area contributed by atoms with Crippen LogP contribution in [-0.4, -0.2) is 34.7 Å². The van der Waals surface area contributed by atoms with E-state index in [1.54, 1.807) is 31.4 Å². The molecule has 7 heteroatoms. The molecule has 104 valence electrons. The standard InChI is InChI=1S/C13H14N4O2S/c1-17(12(18)9-5-2-3-7-14-9)13-16-15-11(20-13)10-6-4-8-19-10/h2-3,5,7,10H,4,6,8H2,1H3/t10-/m0/s1. The molecule has 0 saturated carbocycles. The molecule has 3 heterocycles. The SMILES string of the molecule is CN(C(=O)c1ccccn1)c1nnc([C@@H]2CCCO2)s1. The Bertz CT molecular complexity index is 595. The highest BCUT2D eigenvalue weighted by Crippen LogP contribution is 2.33. The lowest BCUT2D eigenvalue weighted by Gasteiger charge is -2.12. The van der Waals surface area contributed by atoms with Crippen molar-refractivity contribution in [3.05, 3.63) is 35.1 Å². The number of nitrogens with zero attached hydrogens (tertiary/aromatic N) is 4. The van der Waals surface area contributed by atoms with Gasteiger partial charge in [0.2, 0.25) is 5.13 Å². The number of hydrogen-bond donors (Lipinski definition) is 0. The molecule has 1 aliphatic heterocycles. The quantitative estimate of drug-likeness (QED) is 0.865. The van der Waals surface area contributed by atoms with Gasteiger partial charge < -0.3 is 4.74 Å². The molecular formula is C13H14N4O2S. The van der Waals surface area contributed by atoms with Gasteiger partial charge in [0.25, 0.3) is 5.91 Å². The summed E-state index contributed by atoms with van der Waals surface area (Å²) in [5, 5.41) is 9.59. The summed E-state index contributed by atoms with van der Waals surface area (Å²) in [5.41, 5.74) is 0.392. The maximum atomic E-state index is 12.2. The smallest absolute Gasteiger partial charge is 0.278 e. The number of hydrogen-bond acceptors (Lipinski definition) is 6. The Labute approximate surface area is 120 Å². The van der Waals surface area contributed by atoms with Crippen LogP contribution >= 0.6 is 11.3 Å². The first-order valence-corrected chi connectivity index (χ1v) is 7.21. The van der Waals surface area contributed by atoms with Gasteiger partial charge in [-0.1, -0.05) is 17.4 Å². The monoisotopic (exact) mass is 290 g/mol. The molecule has 0 spiro atoms. The number of carbonyl (C=O) groups is 1. The van der Waals surface area contributed by atoms with Crippen LogP contribution in [-0.2, 0) is 4.74 Å². The highest BCUT2D eigenvalue weighted by Gasteiger charge is 2.24. The van der Waals surface area contributed by atoms with Crippen molar-refractivity contribution in [1.82, 2.24) is 15.2 Å². The van der Waals surface area contributed by atoms with Crippen LogP contribution in [0.2, 0.25) is 0 Å². The summed E-state index contributed by atoms with van der Waals surface area (Å²) in [6, 6.07) is 5.24. The fraction of sp³-hybridized carbons (Fsp3) is 0.385. The third kappa shape index (κ3) is 2.54. The van der Waals surface area contributed by atoms with Gasteiger partial charge in [0.1, 0.15) is 16.8 Å². The van der Waals surface area contributed by atoms with Gasteiger partial charge in [-0.3, -0.25) is 14.7 Å². The number of rotatable bonds is 3. The zero-order chi connectivity index (χ0) is 13.9. The van der Waals surface area contributed by atoms with Crippen LogP contribution in [0.15, 0.2) is 24.4 Å². The fourth-order valence-corrected chi connectivity index (χ4v) is 2.90. The molecule has 1 saturated heterocycles. The maximum absolute atomic E-state index is 12.2. The van der Waals surface area contributed by atoms with Gasteiger partial charge in [0.05, 0.1) is 0 Å². The summed E-state index contributed by atoms with van der Waals surface area (Å²) in [4.78, 5) is 17.8. The van der Waals surface area contributed by atoms with Crippen molar-refractivity contribution in [2.75, 3.05) is 18.6 Å². The molecule has 0 bridgehead atoms. The molecule has 0 unspecified atom stereocenters.